The molecule has 1 aromatic carbocycles. The van der Waals surface area contributed by atoms with E-state index in [0.717, 1.165) is 5.02 Å². The molecule has 0 atom stereocenters. The van der Waals surface area contributed by atoms with E-state index in [4.69, 9.17) is 11.6 Å². The average Bonchev–Trinajstić information content (AvgIpc) is 2.62. The number of fused-ring (bicyclic) bond motifs is 1. The quantitative estimate of drug-likeness (QED) is 0.637. The first-order valence-electron chi connectivity index (χ1n) is 7.17. The third kappa shape index (κ3) is 2.41. The third-order valence-corrected chi connectivity index (χ3v) is 3.92. The maximum atomic E-state index is 6.21. The summed E-state index contributed by atoms with van der Waals surface area (Å²) in [5.41, 5.74) is 4.23. The molecule has 1 nitrogen and oxygen atoms in total. The molecule has 2 aromatic rings. The van der Waals surface area contributed by atoms with Gasteiger partial charge in [0.1, 0.15) is 0 Å². The van der Waals surface area contributed by atoms with Crippen LogP contribution in [-0.4, -0.2) is 4.57 Å². The molecular formula is C17H24ClN. The predicted octanol–water partition coefficient (Wildman–Crippen LogP) is 6.12. The van der Waals surface area contributed by atoms with Crippen LogP contribution in [0, 0.1) is 0 Å². The molecule has 0 aliphatic heterocycles. The number of aromatic nitrogens is 1. The van der Waals surface area contributed by atoms with E-state index in [9.17, 15) is 0 Å². The fourth-order valence-corrected chi connectivity index (χ4v) is 3.26. The Bertz CT molecular complexity index is 591. The van der Waals surface area contributed by atoms with E-state index in [1.165, 1.54) is 22.2 Å². The van der Waals surface area contributed by atoms with Gasteiger partial charge in [-0.25, -0.2) is 0 Å². The summed E-state index contributed by atoms with van der Waals surface area (Å²) < 4.78 is 2.48. The van der Waals surface area contributed by atoms with Crippen LogP contribution in [0.15, 0.2) is 18.2 Å². The van der Waals surface area contributed by atoms with E-state index < -0.39 is 0 Å². The summed E-state index contributed by atoms with van der Waals surface area (Å²) >= 11 is 6.21. The fourth-order valence-electron chi connectivity index (χ4n) is 3.08. The highest BCUT2D eigenvalue weighted by molar-refractivity contribution is 6.31. The topological polar surface area (TPSA) is 4.93 Å². The van der Waals surface area contributed by atoms with Crippen molar-refractivity contribution in [2.45, 2.75) is 59.4 Å². The number of halogens is 1. The van der Waals surface area contributed by atoms with Crippen LogP contribution in [0.2, 0.25) is 5.02 Å². The maximum absolute atomic E-state index is 6.21. The Hall–Kier alpha value is -0.950. The first-order valence-corrected chi connectivity index (χ1v) is 7.55. The van der Waals surface area contributed by atoms with Crippen molar-refractivity contribution in [2.75, 3.05) is 0 Å². The van der Waals surface area contributed by atoms with Gasteiger partial charge in [0.15, 0.2) is 0 Å². The molecule has 0 N–H and O–H groups in total. The zero-order chi connectivity index (χ0) is 14.3. The van der Waals surface area contributed by atoms with Crippen molar-refractivity contribution in [3.8, 4) is 0 Å². The number of rotatable bonds is 3. The van der Waals surface area contributed by atoms with Crippen LogP contribution in [0.1, 0.15) is 70.7 Å². The Morgan fingerprint density at radius 3 is 2.05 bits per heavy atom. The second kappa shape index (κ2) is 5.20. The summed E-state index contributed by atoms with van der Waals surface area (Å²) in [6.45, 7) is 13.6. The van der Waals surface area contributed by atoms with E-state index in [1.54, 1.807) is 0 Å². The van der Waals surface area contributed by atoms with E-state index in [2.05, 4.69) is 58.2 Å². The van der Waals surface area contributed by atoms with Gasteiger partial charge in [-0.05, 0) is 49.4 Å². The van der Waals surface area contributed by atoms with Crippen LogP contribution in [0.4, 0.5) is 0 Å². The van der Waals surface area contributed by atoms with Crippen LogP contribution in [0.25, 0.3) is 10.9 Å². The minimum absolute atomic E-state index is 0.466. The molecule has 1 aromatic heterocycles. The lowest BCUT2D eigenvalue weighted by atomic mass is 9.94. The lowest BCUT2D eigenvalue weighted by Gasteiger charge is -2.19. The maximum Gasteiger partial charge on any atom is 0.0489 e. The van der Waals surface area contributed by atoms with Gasteiger partial charge in [0.2, 0.25) is 0 Å². The Kier molecular flexibility index (Phi) is 3.96. The zero-order valence-electron chi connectivity index (χ0n) is 12.8. The molecule has 0 saturated carbocycles. The molecule has 1 heterocycles. The standard InChI is InChI=1S/C17H24ClN/c1-10(2)16-14-9-13(18)7-8-15(14)19(12(5)6)17(16)11(3)4/h7-12H,1-6H3. The SMILES string of the molecule is CC(C)c1c(C(C)C)n(C(C)C)c2ccc(Cl)cc12. The molecular weight excluding hydrogens is 254 g/mol. The summed E-state index contributed by atoms with van der Waals surface area (Å²) in [5, 5.41) is 2.14. The summed E-state index contributed by atoms with van der Waals surface area (Å²) in [6.07, 6.45) is 0. The predicted molar refractivity (Wildman–Crippen MR) is 85.5 cm³/mol. The van der Waals surface area contributed by atoms with Crippen LogP contribution in [0.5, 0.6) is 0 Å². The Morgan fingerprint density at radius 1 is 0.947 bits per heavy atom. The highest BCUT2D eigenvalue weighted by atomic mass is 35.5. The van der Waals surface area contributed by atoms with E-state index in [-0.39, 0.29) is 0 Å². The highest BCUT2D eigenvalue weighted by Gasteiger charge is 2.22. The first kappa shape index (κ1) is 14.5. The van der Waals surface area contributed by atoms with E-state index >= 15 is 0 Å². The largest absolute Gasteiger partial charge is 0.342 e. The number of hydrogen-bond donors (Lipinski definition) is 0. The van der Waals surface area contributed by atoms with Gasteiger partial charge < -0.3 is 4.57 Å². The highest BCUT2D eigenvalue weighted by Crippen LogP contribution is 2.38. The van der Waals surface area contributed by atoms with Gasteiger partial charge >= 0.3 is 0 Å². The molecule has 0 unspecified atom stereocenters. The Labute approximate surface area is 121 Å². The van der Waals surface area contributed by atoms with Crippen molar-refractivity contribution < 1.29 is 0 Å². The normalized spacial score (nSPS) is 12.3. The first-order chi connectivity index (χ1) is 8.84. The minimum atomic E-state index is 0.466. The van der Waals surface area contributed by atoms with E-state index in [1.807, 2.05) is 6.07 Å². The molecule has 2 heteroatoms. The number of benzene rings is 1. The zero-order valence-corrected chi connectivity index (χ0v) is 13.5. The lowest BCUT2D eigenvalue weighted by molar-refractivity contribution is 0.569. The second-order valence-electron chi connectivity index (χ2n) is 6.23. The molecule has 2 rings (SSSR count). The Morgan fingerprint density at radius 2 is 1.58 bits per heavy atom. The molecule has 0 saturated heterocycles. The number of nitrogens with zero attached hydrogens (tertiary/aromatic N) is 1. The summed E-state index contributed by atoms with van der Waals surface area (Å²) in [6, 6.07) is 6.75. The molecule has 0 aliphatic carbocycles. The van der Waals surface area contributed by atoms with Crippen LogP contribution >= 0.6 is 11.6 Å². The summed E-state index contributed by atoms with van der Waals surface area (Å²) in [7, 11) is 0. The molecule has 0 spiro atoms. The molecule has 0 radical (unpaired) electrons. The monoisotopic (exact) mass is 277 g/mol. The van der Waals surface area contributed by atoms with Crippen LogP contribution < -0.4 is 0 Å². The van der Waals surface area contributed by atoms with E-state index in [0.29, 0.717) is 17.9 Å². The van der Waals surface area contributed by atoms with Crippen molar-refractivity contribution in [1.82, 2.24) is 4.57 Å². The Balaban J connectivity index is 2.94. The molecule has 104 valence electrons. The van der Waals surface area contributed by atoms with Crippen molar-refractivity contribution in [3.63, 3.8) is 0 Å². The van der Waals surface area contributed by atoms with Gasteiger partial charge in [0.05, 0.1) is 0 Å². The van der Waals surface area contributed by atoms with Gasteiger partial charge in [0, 0.05) is 27.7 Å². The van der Waals surface area contributed by atoms with Gasteiger partial charge in [-0.1, -0.05) is 39.3 Å². The van der Waals surface area contributed by atoms with Crippen LogP contribution in [0.3, 0.4) is 0 Å². The third-order valence-electron chi connectivity index (χ3n) is 3.68. The van der Waals surface area contributed by atoms with Gasteiger partial charge in [-0.2, -0.15) is 0 Å². The smallest absolute Gasteiger partial charge is 0.0489 e. The second-order valence-corrected chi connectivity index (χ2v) is 6.67. The summed E-state index contributed by atoms with van der Waals surface area (Å²) in [5.74, 6) is 1.03. The average molecular weight is 278 g/mol. The van der Waals surface area contributed by atoms with Gasteiger partial charge in [-0.3, -0.25) is 0 Å². The van der Waals surface area contributed by atoms with Crippen molar-refractivity contribution in [1.29, 1.82) is 0 Å². The fraction of sp³-hybridized carbons (Fsp3) is 0.529. The minimum Gasteiger partial charge on any atom is -0.342 e. The number of hydrogen-bond acceptors (Lipinski definition) is 0. The van der Waals surface area contributed by atoms with Gasteiger partial charge in [0.25, 0.3) is 0 Å². The van der Waals surface area contributed by atoms with Gasteiger partial charge in [-0.15, -0.1) is 0 Å². The van der Waals surface area contributed by atoms with Crippen molar-refractivity contribution in [3.05, 3.63) is 34.5 Å². The summed E-state index contributed by atoms with van der Waals surface area (Å²) in [4.78, 5) is 0. The lowest BCUT2D eigenvalue weighted by Crippen LogP contribution is -2.08. The molecule has 0 bridgehead atoms. The van der Waals surface area contributed by atoms with Crippen molar-refractivity contribution in [2.24, 2.45) is 0 Å². The molecule has 0 aliphatic rings. The van der Waals surface area contributed by atoms with Crippen LogP contribution in [-0.2, 0) is 0 Å². The molecule has 0 fully saturated rings. The van der Waals surface area contributed by atoms with Crippen molar-refractivity contribution >= 4 is 22.5 Å². The molecule has 0 amide bonds. The molecule has 19 heavy (non-hydrogen) atoms.